The van der Waals surface area contributed by atoms with Crippen molar-refractivity contribution in [2.45, 2.75) is 33.3 Å². The maximum absolute atomic E-state index is 12.6. The zero-order valence-electron chi connectivity index (χ0n) is 12.2. The molecular weight excluding hydrogens is 248 g/mol. The fraction of sp³-hybridized carbons (Fsp3) is 0.278. The normalized spacial score (nSPS) is 10.6. The van der Waals surface area contributed by atoms with E-state index in [9.17, 15) is 4.79 Å². The Kier molecular flexibility index (Phi) is 4.57. The van der Waals surface area contributed by atoms with E-state index in [2.05, 4.69) is 6.92 Å². The van der Waals surface area contributed by atoms with Gasteiger partial charge in [0.25, 0.3) is 0 Å². The summed E-state index contributed by atoms with van der Waals surface area (Å²) < 4.78 is 5.71. The van der Waals surface area contributed by atoms with Gasteiger partial charge in [-0.05, 0) is 38.0 Å². The van der Waals surface area contributed by atoms with Crippen LogP contribution in [0.3, 0.4) is 0 Å². The molecule has 0 saturated carbocycles. The SMILES string of the molecule is CCc1ccc(C(=O)c2ccccc2OC(C)C)cc1. The van der Waals surface area contributed by atoms with Crippen LogP contribution in [0, 0.1) is 0 Å². The average Bonchev–Trinajstić information content (AvgIpc) is 2.46. The number of ether oxygens (including phenoxy) is 1. The fourth-order valence-corrected chi connectivity index (χ4v) is 2.06. The number of aryl methyl sites for hydroxylation is 1. The van der Waals surface area contributed by atoms with Gasteiger partial charge in [-0.3, -0.25) is 4.79 Å². The zero-order chi connectivity index (χ0) is 14.5. The van der Waals surface area contributed by atoms with Gasteiger partial charge < -0.3 is 4.74 Å². The summed E-state index contributed by atoms with van der Waals surface area (Å²) in [4.78, 5) is 12.6. The maximum atomic E-state index is 12.6. The van der Waals surface area contributed by atoms with Gasteiger partial charge in [-0.25, -0.2) is 0 Å². The van der Waals surface area contributed by atoms with Crippen molar-refractivity contribution in [3.63, 3.8) is 0 Å². The molecule has 0 aromatic heterocycles. The number of ketones is 1. The van der Waals surface area contributed by atoms with Gasteiger partial charge in [0.05, 0.1) is 11.7 Å². The highest BCUT2D eigenvalue weighted by atomic mass is 16.5. The van der Waals surface area contributed by atoms with Crippen LogP contribution in [0.15, 0.2) is 48.5 Å². The topological polar surface area (TPSA) is 26.3 Å². The molecular formula is C18H20O2. The molecule has 0 unspecified atom stereocenters. The summed E-state index contributed by atoms with van der Waals surface area (Å²) in [7, 11) is 0. The van der Waals surface area contributed by atoms with E-state index in [4.69, 9.17) is 4.74 Å². The van der Waals surface area contributed by atoms with Crippen molar-refractivity contribution >= 4 is 5.78 Å². The van der Waals surface area contributed by atoms with Crippen LogP contribution in [0.4, 0.5) is 0 Å². The van der Waals surface area contributed by atoms with Crippen LogP contribution >= 0.6 is 0 Å². The highest BCUT2D eigenvalue weighted by Crippen LogP contribution is 2.22. The van der Waals surface area contributed by atoms with E-state index < -0.39 is 0 Å². The van der Waals surface area contributed by atoms with Crippen LogP contribution in [-0.4, -0.2) is 11.9 Å². The average molecular weight is 268 g/mol. The number of carbonyl (C=O) groups excluding carboxylic acids is 1. The van der Waals surface area contributed by atoms with Crippen LogP contribution < -0.4 is 4.74 Å². The first-order chi connectivity index (χ1) is 9.61. The molecule has 0 aliphatic carbocycles. The third-order valence-electron chi connectivity index (χ3n) is 3.12. The summed E-state index contributed by atoms with van der Waals surface area (Å²) >= 11 is 0. The lowest BCUT2D eigenvalue weighted by molar-refractivity contribution is 0.103. The predicted octanol–water partition coefficient (Wildman–Crippen LogP) is 4.27. The summed E-state index contributed by atoms with van der Waals surface area (Å²) in [6, 6.07) is 15.2. The Morgan fingerprint density at radius 3 is 2.30 bits per heavy atom. The molecule has 20 heavy (non-hydrogen) atoms. The number of hydrogen-bond acceptors (Lipinski definition) is 2. The number of para-hydroxylation sites is 1. The molecule has 2 aromatic carbocycles. The molecule has 0 fully saturated rings. The largest absolute Gasteiger partial charge is 0.490 e. The second kappa shape index (κ2) is 6.38. The molecule has 2 nitrogen and oxygen atoms in total. The third-order valence-corrected chi connectivity index (χ3v) is 3.12. The van der Waals surface area contributed by atoms with Crippen LogP contribution in [0.2, 0.25) is 0 Å². The minimum Gasteiger partial charge on any atom is -0.490 e. The second-order valence-corrected chi connectivity index (χ2v) is 5.04. The van der Waals surface area contributed by atoms with Crippen LogP contribution in [0.1, 0.15) is 42.3 Å². The predicted molar refractivity (Wildman–Crippen MR) is 81.5 cm³/mol. The Balaban J connectivity index is 2.32. The van der Waals surface area contributed by atoms with E-state index in [1.165, 1.54) is 5.56 Å². The molecule has 0 atom stereocenters. The molecule has 0 spiro atoms. The van der Waals surface area contributed by atoms with Gasteiger partial charge in [-0.15, -0.1) is 0 Å². The quantitative estimate of drug-likeness (QED) is 0.757. The van der Waals surface area contributed by atoms with Crippen molar-refractivity contribution in [1.82, 2.24) is 0 Å². The highest BCUT2D eigenvalue weighted by molar-refractivity contribution is 6.10. The molecule has 2 heteroatoms. The lowest BCUT2D eigenvalue weighted by Gasteiger charge is -2.13. The summed E-state index contributed by atoms with van der Waals surface area (Å²) in [6.07, 6.45) is 1.02. The molecule has 0 saturated heterocycles. The van der Waals surface area contributed by atoms with E-state index in [1.807, 2.05) is 62.4 Å². The van der Waals surface area contributed by atoms with Crippen molar-refractivity contribution < 1.29 is 9.53 Å². The molecule has 2 aromatic rings. The van der Waals surface area contributed by atoms with Crippen molar-refractivity contribution in [3.8, 4) is 5.75 Å². The Morgan fingerprint density at radius 2 is 1.70 bits per heavy atom. The molecule has 0 aliphatic heterocycles. The summed E-state index contributed by atoms with van der Waals surface area (Å²) in [5.74, 6) is 0.649. The first-order valence-corrected chi connectivity index (χ1v) is 7.01. The first-order valence-electron chi connectivity index (χ1n) is 7.01. The molecule has 0 N–H and O–H groups in total. The van der Waals surface area contributed by atoms with Gasteiger partial charge in [0, 0.05) is 5.56 Å². The van der Waals surface area contributed by atoms with Gasteiger partial charge >= 0.3 is 0 Å². The van der Waals surface area contributed by atoms with Gasteiger partial charge in [-0.2, -0.15) is 0 Å². The molecule has 0 aliphatic rings. The minimum atomic E-state index is 0.00361. The van der Waals surface area contributed by atoms with Crippen molar-refractivity contribution in [1.29, 1.82) is 0 Å². The smallest absolute Gasteiger partial charge is 0.196 e. The molecule has 0 heterocycles. The zero-order valence-corrected chi connectivity index (χ0v) is 12.2. The number of carbonyl (C=O) groups is 1. The van der Waals surface area contributed by atoms with Crippen LogP contribution in [0.25, 0.3) is 0 Å². The second-order valence-electron chi connectivity index (χ2n) is 5.04. The van der Waals surface area contributed by atoms with Crippen LogP contribution in [-0.2, 0) is 6.42 Å². The fourth-order valence-electron chi connectivity index (χ4n) is 2.06. The standard InChI is InChI=1S/C18H20O2/c1-4-14-9-11-15(12-10-14)18(19)16-7-5-6-8-17(16)20-13(2)3/h5-13H,4H2,1-3H3. The van der Waals surface area contributed by atoms with Crippen molar-refractivity contribution in [3.05, 3.63) is 65.2 Å². The Labute approximate surface area is 120 Å². The lowest BCUT2D eigenvalue weighted by atomic mass is 10.0. The summed E-state index contributed by atoms with van der Waals surface area (Å²) in [5, 5.41) is 0. The maximum Gasteiger partial charge on any atom is 0.196 e. The van der Waals surface area contributed by atoms with E-state index >= 15 is 0 Å². The molecule has 104 valence electrons. The molecule has 0 bridgehead atoms. The van der Waals surface area contributed by atoms with E-state index in [1.54, 1.807) is 0 Å². The first kappa shape index (κ1) is 14.3. The lowest BCUT2D eigenvalue weighted by Crippen LogP contribution is -2.10. The monoisotopic (exact) mass is 268 g/mol. The van der Waals surface area contributed by atoms with Crippen molar-refractivity contribution in [2.75, 3.05) is 0 Å². The Hall–Kier alpha value is -2.09. The number of benzene rings is 2. The minimum absolute atomic E-state index is 0.00361. The molecule has 2 rings (SSSR count). The van der Waals surface area contributed by atoms with Gasteiger partial charge in [0.2, 0.25) is 0 Å². The van der Waals surface area contributed by atoms with Crippen LogP contribution in [0.5, 0.6) is 5.75 Å². The summed E-state index contributed by atoms with van der Waals surface area (Å²) in [5.41, 5.74) is 2.54. The van der Waals surface area contributed by atoms with Crippen molar-refractivity contribution in [2.24, 2.45) is 0 Å². The van der Waals surface area contributed by atoms with E-state index in [-0.39, 0.29) is 11.9 Å². The summed E-state index contributed by atoms with van der Waals surface area (Å²) in [6.45, 7) is 6.01. The highest BCUT2D eigenvalue weighted by Gasteiger charge is 2.14. The van der Waals surface area contributed by atoms with E-state index in [0.29, 0.717) is 16.9 Å². The number of hydrogen-bond donors (Lipinski definition) is 0. The number of rotatable bonds is 5. The van der Waals surface area contributed by atoms with Gasteiger partial charge in [-0.1, -0.05) is 43.3 Å². The molecule has 0 radical (unpaired) electrons. The molecule has 0 amide bonds. The Bertz CT molecular complexity index is 583. The Morgan fingerprint density at radius 1 is 1.05 bits per heavy atom. The van der Waals surface area contributed by atoms with Gasteiger partial charge in [0.15, 0.2) is 5.78 Å². The third kappa shape index (κ3) is 3.27. The van der Waals surface area contributed by atoms with Gasteiger partial charge in [0.1, 0.15) is 5.75 Å². The van der Waals surface area contributed by atoms with E-state index in [0.717, 1.165) is 6.42 Å².